The third-order valence-corrected chi connectivity index (χ3v) is 4.08. The minimum absolute atomic E-state index is 0.575. The first-order valence-corrected chi connectivity index (χ1v) is 7.79. The van der Waals surface area contributed by atoms with Crippen molar-refractivity contribution in [3.8, 4) is 5.88 Å². The quantitative estimate of drug-likeness (QED) is 0.620. The molecule has 2 aliphatic carbocycles. The predicted octanol–water partition coefficient (Wildman–Crippen LogP) is 1.94. The van der Waals surface area contributed by atoms with E-state index < -0.39 is 0 Å². The molecule has 0 aliphatic heterocycles. The molecule has 2 fully saturated rings. The molecule has 2 atom stereocenters. The Hall–Kier alpha value is -1.78. The van der Waals surface area contributed by atoms with Gasteiger partial charge in [-0.1, -0.05) is 6.92 Å². The molecule has 2 unspecified atom stereocenters. The minimum Gasteiger partial charge on any atom is -0.477 e. The highest BCUT2D eigenvalue weighted by atomic mass is 16.5. The molecule has 0 aromatic carbocycles. The van der Waals surface area contributed by atoms with E-state index in [4.69, 9.17) is 4.74 Å². The zero-order chi connectivity index (χ0) is 14.7. The van der Waals surface area contributed by atoms with Gasteiger partial charge in [-0.25, -0.2) is 4.98 Å². The highest BCUT2D eigenvalue weighted by molar-refractivity contribution is 5.80. The Labute approximate surface area is 126 Å². The van der Waals surface area contributed by atoms with E-state index in [1.165, 1.54) is 19.3 Å². The molecular formula is C16H24N4O. The molecule has 0 bridgehead atoms. The maximum Gasteiger partial charge on any atom is 0.213 e. The first kappa shape index (κ1) is 14.2. The van der Waals surface area contributed by atoms with Gasteiger partial charge >= 0.3 is 0 Å². The van der Waals surface area contributed by atoms with E-state index in [2.05, 4.69) is 27.5 Å². The molecule has 1 heterocycles. The van der Waals surface area contributed by atoms with Gasteiger partial charge in [0, 0.05) is 31.9 Å². The molecule has 114 valence electrons. The summed E-state index contributed by atoms with van der Waals surface area (Å²) >= 11 is 0. The molecule has 2 N–H and O–H groups in total. The Kier molecular flexibility index (Phi) is 4.27. The van der Waals surface area contributed by atoms with Gasteiger partial charge in [-0.15, -0.1) is 0 Å². The lowest BCUT2D eigenvalue weighted by Gasteiger charge is -2.12. The average molecular weight is 288 g/mol. The largest absolute Gasteiger partial charge is 0.477 e. The second kappa shape index (κ2) is 6.33. The monoisotopic (exact) mass is 288 g/mol. The summed E-state index contributed by atoms with van der Waals surface area (Å²) in [4.78, 5) is 8.51. The molecule has 0 spiro atoms. The molecule has 2 aliphatic rings. The summed E-state index contributed by atoms with van der Waals surface area (Å²) in [6.07, 6.45) is 5.62. The molecule has 2 saturated carbocycles. The van der Waals surface area contributed by atoms with Crippen LogP contribution in [0.3, 0.4) is 0 Å². The van der Waals surface area contributed by atoms with E-state index in [-0.39, 0.29) is 0 Å². The summed E-state index contributed by atoms with van der Waals surface area (Å²) in [6.45, 7) is 3.77. The van der Waals surface area contributed by atoms with Crippen LogP contribution < -0.4 is 15.4 Å². The maximum absolute atomic E-state index is 5.71. The standard InChI is InChI=1S/C16H24N4O/c1-11-7-14(11)20-16(17-2)19-9-13-5-6-18-15(8-13)21-10-12-3-4-12/h5-6,8,11-12,14H,3-4,7,9-10H2,1-2H3,(H2,17,19,20). The molecule has 0 amide bonds. The number of aliphatic imine (C=N–C) groups is 1. The van der Waals surface area contributed by atoms with Crippen LogP contribution in [0, 0.1) is 11.8 Å². The third kappa shape index (κ3) is 4.34. The van der Waals surface area contributed by atoms with Gasteiger partial charge in [0.25, 0.3) is 0 Å². The lowest BCUT2D eigenvalue weighted by Crippen LogP contribution is -2.38. The summed E-state index contributed by atoms with van der Waals surface area (Å²) in [5, 5.41) is 6.75. The molecule has 0 radical (unpaired) electrons. The molecule has 5 nitrogen and oxygen atoms in total. The Balaban J connectivity index is 1.47. The van der Waals surface area contributed by atoms with Gasteiger partial charge in [-0.05, 0) is 42.7 Å². The van der Waals surface area contributed by atoms with Crippen molar-refractivity contribution in [1.82, 2.24) is 15.6 Å². The molecule has 5 heteroatoms. The second-order valence-corrected chi connectivity index (χ2v) is 6.15. The molecule has 0 saturated heterocycles. The Morgan fingerprint density at radius 2 is 2.29 bits per heavy atom. The lowest BCUT2D eigenvalue weighted by molar-refractivity contribution is 0.288. The fourth-order valence-corrected chi connectivity index (χ4v) is 2.21. The highest BCUT2D eigenvalue weighted by Gasteiger charge is 2.33. The first-order chi connectivity index (χ1) is 10.2. The lowest BCUT2D eigenvalue weighted by atomic mass is 10.2. The van der Waals surface area contributed by atoms with Crippen LogP contribution in [-0.4, -0.2) is 30.6 Å². The van der Waals surface area contributed by atoms with E-state index in [1.54, 1.807) is 13.2 Å². The predicted molar refractivity (Wildman–Crippen MR) is 83.4 cm³/mol. The van der Waals surface area contributed by atoms with Crippen LogP contribution in [-0.2, 0) is 6.54 Å². The number of hydrogen-bond acceptors (Lipinski definition) is 3. The van der Waals surface area contributed by atoms with Crippen LogP contribution in [0.4, 0.5) is 0 Å². The van der Waals surface area contributed by atoms with Gasteiger partial charge in [0.1, 0.15) is 0 Å². The number of hydrogen-bond donors (Lipinski definition) is 2. The molecular weight excluding hydrogens is 264 g/mol. The van der Waals surface area contributed by atoms with Crippen molar-refractivity contribution < 1.29 is 4.74 Å². The fourth-order valence-electron chi connectivity index (χ4n) is 2.21. The Morgan fingerprint density at radius 3 is 2.95 bits per heavy atom. The van der Waals surface area contributed by atoms with Crippen LogP contribution in [0.15, 0.2) is 23.3 Å². The van der Waals surface area contributed by atoms with Crippen LogP contribution in [0.1, 0.15) is 31.7 Å². The number of guanidine groups is 1. The van der Waals surface area contributed by atoms with Crippen LogP contribution in [0.25, 0.3) is 0 Å². The van der Waals surface area contributed by atoms with E-state index >= 15 is 0 Å². The molecule has 1 aromatic rings. The number of aromatic nitrogens is 1. The van der Waals surface area contributed by atoms with Crippen molar-refractivity contribution >= 4 is 5.96 Å². The number of nitrogens with one attached hydrogen (secondary N) is 2. The Bertz CT molecular complexity index is 513. The van der Waals surface area contributed by atoms with E-state index in [1.807, 2.05) is 12.1 Å². The van der Waals surface area contributed by atoms with Crippen molar-refractivity contribution in [1.29, 1.82) is 0 Å². The summed E-state index contributed by atoms with van der Waals surface area (Å²) in [6, 6.07) is 4.58. The summed E-state index contributed by atoms with van der Waals surface area (Å²) in [7, 11) is 1.80. The Morgan fingerprint density at radius 1 is 1.48 bits per heavy atom. The number of nitrogens with zero attached hydrogens (tertiary/aromatic N) is 2. The van der Waals surface area contributed by atoms with Crippen molar-refractivity contribution in [2.75, 3.05) is 13.7 Å². The van der Waals surface area contributed by atoms with Gasteiger partial charge in [-0.3, -0.25) is 4.99 Å². The van der Waals surface area contributed by atoms with Crippen LogP contribution in [0.5, 0.6) is 5.88 Å². The fraction of sp³-hybridized carbons (Fsp3) is 0.625. The van der Waals surface area contributed by atoms with E-state index in [9.17, 15) is 0 Å². The van der Waals surface area contributed by atoms with Gasteiger partial charge in [0.15, 0.2) is 5.96 Å². The second-order valence-electron chi connectivity index (χ2n) is 6.15. The zero-order valence-electron chi connectivity index (χ0n) is 12.8. The zero-order valence-corrected chi connectivity index (χ0v) is 12.8. The van der Waals surface area contributed by atoms with Crippen LogP contribution >= 0.6 is 0 Å². The SMILES string of the molecule is CN=C(NCc1ccnc(OCC2CC2)c1)NC1CC1C. The van der Waals surface area contributed by atoms with E-state index in [0.717, 1.165) is 42.4 Å². The smallest absolute Gasteiger partial charge is 0.213 e. The molecule has 3 rings (SSSR count). The van der Waals surface area contributed by atoms with Gasteiger partial charge in [-0.2, -0.15) is 0 Å². The first-order valence-electron chi connectivity index (χ1n) is 7.79. The maximum atomic E-state index is 5.71. The van der Waals surface area contributed by atoms with Gasteiger partial charge in [0.05, 0.1) is 6.61 Å². The summed E-state index contributed by atoms with van der Waals surface area (Å²) in [5.74, 6) is 3.09. The molecule has 1 aromatic heterocycles. The summed E-state index contributed by atoms with van der Waals surface area (Å²) in [5.41, 5.74) is 1.16. The van der Waals surface area contributed by atoms with Crippen LogP contribution in [0.2, 0.25) is 0 Å². The van der Waals surface area contributed by atoms with Crippen molar-refractivity contribution in [3.63, 3.8) is 0 Å². The summed E-state index contributed by atoms with van der Waals surface area (Å²) < 4.78 is 5.71. The number of ether oxygens (including phenoxy) is 1. The average Bonchev–Trinajstić information content (AvgIpc) is 3.41. The van der Waals surface area contributed by atoms with Gasteiger partial charge < -0.3 is 15.4 Å². The van der Waals surface area contributed by atoms with Crippen molar-refractivity contribution in [3.05, 3.63) is 23.9 Å². The van der Waals surface area contributed by atoms with E-state index in [0.29, 0.717) is 6.04 Å². The van der Waals surface area contributed by atoms with Gasteiger partial charge in [0.2, 0.25) is 5.88 Å². The van der Waals surface area contributed by atoms with Crippen molar-refractivity contribution in [2.24, 2.45) is 16.8 Å². The highest BCUT2D eigenvalue weighted by Crippen LogP contribution is 2.29. The normalized spacial score (nSPS) is 24.6. The number of rotatable bonds is 6. The van der Waals surface area contributed by atoms with Crippen molar-refractivity contribution in [2.45, 2.75) is 38.8 Å². The minimum atomic E-state index is 0.575. The number of pyridine rings is 1. The molecule has 21 heavy (non-hydrogen) atoms. The topological polar surface area (TPSA) is 58.5 Å². The third-order valence-electron chi connectivity index (χ3n) is 4.08.